The normalized spacial score (nSPS) is 12.0. The number of carbonyl (C=O) groups is 1. The lowest BCUT2D eigenvalue weighted by Gasteiger charge is -2.16. The van der Waals surface area contributed by atoms with Crippen LogP contribution in [-0.4, -0.2) is 17.0 Å². The van der Waals surface area contributed by atoms with E-state index in [0.29, 0.717) is 11.4 Å². The molecule has 0 spiro atoms. The van der Waals surface area contributed by atoms with Gasteiger partial charge in [0.15, 0.2) is 6.10 Å². The molecule has 4 heteroatoms. The molecule has 1 amide bonds. The van der Waals surface area contributed by atoms with Gasteiger partial charge in [0.25, 0.3) is 5.91 Å². The first-order valence-electron chi connectivity index (χ1n) is 7.92. The van der Waals surface area contributed by atoms with E-state index in [-0.39, 0.29) is 5.91 Å². The molecule has 1 atom stereocenters. The zero-order chi connectivity index (χ0) is 17.1. The van der Waals surface area contributed by atoms with Crippen molar-refractivity contribution in [2.75, 3.05) is 5.32 Å². The Morgan fingerprint density at radius 2 is 1.79 bits per heavy atom. The van der Waals surface area contributed by atoms with E-state index in [9.17, 15) is 4.79 Å². The molecule has 0 saturated carbocycles. The van der Waals surface area contributed by atoms with Crippen molar-refractivity contribution < 1.29 is 9.53 Å². The smallest absolute Gasteiger partial charge is 0.265 e. The SMILES string of the molecule is Cc1cc(C)cc(OC(C)C(=O)Nc2cccc3cccnc23)c1. The summed E-state index contributed by atoms with van der Waals surface area (Å²) in [6.45, 7) is 5.75. The number of pyridine rings is 1. The lowest BCUT2D eigenvalue weighted by Crippen LogP contribution is -2.30. The first kappa shape index (κ1) is 16.0. The van der Waals surface area contributed by atoms with E-state index < -0.39 is 6.10 Å². The number of ether oxygens (including phenoxy) is 1. The third-order valence-electron chi connectivity index (χ3n) is 3.77. The average Bonchev–Trinajstić information content (AvgIpc) is 2.54. The summed E-state index contributed by atoms with van der Waals surface area (Å²) >= 11 is 0. The standard InChI is InChI=1S/C20H20N2O2/c1-13-10-14(2)12-17(11-13)24-15(3)20(23)22-18-8-4-6-16-7-5-9-21-19(16)18/h4-12,15H,1-3H3,(H,22,23). The van der Waals surface area contributed by atoms with Crippen molar-refractivity contribution in [1.29, 1.82) is 0 Å². The molecular weight excluding hydrogens is 300 g/mol. The maximum Gasteiger partial charge on any atom is 0.265 e. The minimum absolute atomic E-state index is 0.202. The molecular formula is C20H20N2O2. The van der Waals surface area contributed by atoms with Crippen LogP contribution in [-0.2, 0) is 4.79 Å². The molecule has 3 rings (SSSR count). The molecule has 1 heterocycles. The van der Waals surface area contributed by atoms with E-state index in [1.54, 1.807) is 13.1 Å². The van der Waals surface area contributed by atoms with Crippen molar-refractivity contribution in [3.05, 3.63) is 65.9 Å². The molecule has 1 N–H and O–H groups in total. The summed E-state index contributed by atoms with van der Waals surface area (Å²) in [6.07, 6.45) is 1.11. The number of anilines is 1. The molecule has 122 valence electrons. The van der Waals surface area contributed by atoms with E-state index in [0.717, 1.165) is 22.0 Å². The summed E-state index contributed by atoms with van der Waals surface area (Å²) in [5.41, 5.74) is 3.67. The number of fused-ring (bicyclic) bond motifs is 1. The van der Waals surface area contributed by atoms with Gasteiger partial charge in [-0.25, -0.2) is 0 Å². The summed E-state index contributed by atoms with van der Waals surface area (Å²) in [6, 6.07) is 15.5. The molecule has 0 aliphatic rings. The van der Waals surface area contributed by atoms with Crippen molar-refractivity contribution in [3.8, 4) is 5.75 Å². The Balaban J connectivity index is 1.76. The van der Waals surface area contributed by atoms with Crippen molar-refractivity contribution >= 4 is 22.5 Å². The lowest BCUT2D eigenvalue weighted by atomic mass is 10.1. The van der Waals surface area contributed by atoms with Gasteiger partial charge in [-0.05, 0) is 56.2 Å². The zero-order valence-electron chi connectivity index (χ0n) is 14.0. The molecule has 1 aromatic heterocycles. The summed E-state index contributed by atoms with van der Waals surface area (Å²) in [7, 11) is 0. The number of carbonyl (C=O) groups excluding carboxylic acids is 1. The van der Waals surface area contributed by atoms with Gasteiger partial charge >= 0.3 is 0 Å². The molecule has 3 aromatic rings. The van der Waals surface area contributed by atoms with E-state index in [1.165, 1.54) is 0 Å². The van der Waals surface area contributed by atoms with Gasteiger partial charge in [-0.1, -0.05) is 24.3 Å². The molecule has 1 unspecified atom stereocenters. The molecule has 0 bridgehead atoms. The fraction of sp³-hybridized carbons (Fsp3) is 0.200. The Morgan fingerprint density at radius 3 is 2.54 bits per heavy atom. The van der Waals surface area contributed by atoms with Crippen LogP contribution in [0.4, 0.5) is 5.69 Å². The molecule has 0 saturated heterocycles. The predicted octanol–water partition coefficient (Wildman–Crippen LogP) is 4.26. The highest BCUT2D eigenvalue weighted by Crippen LogP contribution is 2.22. The first-order chi connectivity index (χ1) is 11.5. The highest BCUT2D eigenvalue weighted by Gasteiger charge is 2.16. The van der Waals surface area contributed by atoms with Crippen LogP contribution < -0.4 is 10.1 Å². The lowest BCUT2D eigenvalue weighted by molar-refractivity contribution is -0.122. The molecule has 4 nitrogen and oxygen atoms in total. The topological polar surface area (TPSA) is 51.2 Å². The molecule has 2 aromatic carbocycles. The molecule has 0 fully saturated rings. The Bertz CT molecular complexity index is 864. The van der Waals surface area contributed by atoms with Crippen LogP contribution in [0.3, 0.4) is 0 Å². The van der Waals surface area contributed by atoms with Crippen LogP contribution in [0.2, 0.25) is 0 Å². The quantitative estimate of drug-likeness (QED) is 0.781. The van der Waals surface area contributed by atoms with Crippen LogP contribution in [0.15, 0.2) is 54.7 Å². The van der Waals surface area contributed by atoms with Crippen LogP contribution in [0.5, 0.6) is 5.75 Å². The number of nitrogens with one attached hydrogen (secondary N) is 1. The van der Waals surface area contributed by atoms with E-state index in [4.69, 9.17) is 4.74 Å². The second-order valence-corrected chi connectivity index (χ2v) is 5.95. The third kappa shape index (κ3) is 3.54. The van der Waals surface area contributed by atoms with Gasteiger partial charge in [-0.3, -0.25) is 9.78 Å². The zero-order valence-corrected chi connectivity index (χ0v) is 14.0. The largest absolute Gasteiger partial charge is 0.481 e. The summed E-state index contributed by atoms with van der Waals surface area (Å²) in [5, 5.41) is 3.89. The number of hydrogen-bond donors (Lipinski definition) is 1. The minimum Gasteiger partial charge on any atom is -0.481 e. The maximum atomic E-state index is 12.5. The Labute approximate surface area is 141 Å². The number of nitrogens with zero attached hydrogens (tertiary/aromatic N) is 1. The number of para-hydroxylation sites is 1. The number of rotatable bonds is 4. The maximum absolute atomic E-state index is 12.5. The van der Waals surface area contributed by atoms with Crippen molar-refractivity contribution in [1.82, 2.24) is 4.98 Å². The molecule has 0 aliphatic carbocycles. The van der Waals surface area contributed by atoms with Gasteiger partial charge < -0.3 is 10.1 Å². The van der Waals surface area contributed by atoms with Crippen molar-refractivity contribution in [2.45, 2.75) is 26.9 Å². The highest BCUT2D eigenvalue weighted by atomic mass is 16.5. The fourth-order valence-corrected chi connectivity index (χ4v) is 2.70. The fourth-order valence-electron chi connectivity index (χ4n) is 2.70. The van der Waals surface area contributed by atoms with Gasteiger partial charge in [0.2, 0.25) is 0 Å². The number of hydrogen-bond acceptors (Lipinski definition) is 3. The van der Waals surface area contributed by atoms with Gasteiger partial charge in [0, 0.05) is 11.6 Å². The molecule has 0 aliphatic heterocycles. The molecule has 0 radical (unpaired) electrons. The van der Waals surface area contributed by atoms with E-state index in [2.05, 4.69) is 16.4 Å². The Kier molecular flexibility index (Phi) is 4.47. The molecule has 24 heavy (non-hydrogen) atoms. The van der Waals surface area contributed by atoms with Crippen LogP contribution >= 0.6 is 0 Å². The van der Waals surface area contributed by atoms with Crippen LogP contribution in [0.25, 0.3) is 10.9 Å². The van der Waals surface area contributed by atoms with Gasteiger partial charge in [0.05, 0.1) is 11.2 Å². The van der Waals surface area contributed by atoms with E-state index >= 15 is 0 Å². The average molecular weight is 320 g/mol. The second kappa shape index (κ2) is 6.71. The van der Waals surface area contributed by atoms with Crippen molar-refractivity contribution in [2.24, 2.45) is 0 Å². The van der Waals surface area contributed by atoms with Gasteiger partial charge in [-0.2, -0.15) is 0 Å². The van der Waals surface area contributed by atoms with E-state index in [1.807, 2.05) is 56.3 Å². The number of aromatic nitrogens is 1. The monoisotopic (exact) mass is 320 g/mol. The van der Waals surface area contributed by atoms with Crippen LogP contribution in [0.1, 0.15) is 18.1 Å². The number of aryl methyl sites for hydroxylation is 2. The Hall–Kier alpha value is -2.88. The predicted molar refractivity (Wildman–Crippen MR) is 96.4 cm³/mol. The van der Waals surface area contributed by atoms with Crippen molar-refractivity contribution in [3.63, 3.8) is 0 Å². The summed E-state index contributed by atoms with van der Waals surface area (Å²) in [4.78, 5) is 16.8. The number of benzene rings is 2. The highest BCUT2D eigenvalue weighted by molar-refractivity contribution is 6.01. The minimum atomic E-state index is -0.606. The van der Waals surface area contributed by atoms with Gasteiger partial charge in [0.1, 0.15) is 5.75 Å². The summed E-state index contributed by atoms with van der Waals surface area (Å²) in [5.74, 6) is 0.499. The third-order valence-corrected chi connectivity index (χ3v) is 3.77. The number of amides is 1. The first-order valence-corrected chi connectivity index (χ1v) is 7.92. The van der Waals surface area contributed by atoms with Gasteiger partial charge in [-0.15, -0.1) is 0 Å². The second-order valence-electron chi connectivity index (χ2n) is 5.95. The van der Waals surface area contributed by atoms with Crippen LogP contribution in [0, 0.1) is 13.8 Å². The Morgan fingerprint density at radius 1 is 1.08 bits per heavy atom. The summed E-state index contributed by atoms with van der Waals surface area (Å²) < 4.78 is 5.79.